The second-order valence-electron chi connectivity index (χ2n) is 5.39. The molecule has 0 spiro atoms. The van der Waals surface area contributed by atoms with Gasteiger partial charge in [0, 0.05) is 11.6 Å². The van der Waals surface area contributed by atoms with Gasteiger partial charge in [-0.1, -0.05) is 6.08 Å². The van der Waals surface area contributed by atoms with Crippen molar-refractivity contribution in [1.82, 2.24) is 4.90 Å². The van der Waals surface area contributed by atoms with E-state index in [4.69, 9.17) is 14.2 Å². The maximum Gasteiger partial charge on any atom is 0.126 e. The Labute approximate surface area is 119 Å². The van der Waals surface area contributed by atoms with Crippen molar-refractivity contribution < 1.29 is 14.2 Å². The largest absolute Gasteiger partial charge is 0.497 e. The quantitative estimate of drug-likeness (QED) is 0.846. The Bertz CT molecular complexity index is 526. The Hall–Kier alpha value is -1.52. The van der Waals surface area contributed by atoms with Crippen molar-refractivity contribution in [3.8, 4) is 11.5 Å². The smallest absolute Gasteiger partial charge is 0.126 e. The number of rotatable bonds is 3. The van der Waals surface area contributed by atoms with Gasteiger partial charge in [0.05, 0.1) is 33.5 Å². The molecule has 1 fully saturated rings. The van der Waals surface area contributed by atoms with E-state index in [1.165, 1.54) is 5.57 Å². The maximum absolute atomic E-state index is 5.65. The van der Waals surface area contributed by atoms with Crippen LogP contribution in [0.5, 0.6) is 11.5 Å². The summed E-state index contributed by atoms with van der Waals surface area (Å²) in [6.45, 7) is 1.57. The summed E-state index contributed by atoms with van der Waals surface area (Å²) in [6.07, 6.45) is 3.28. The molecule has 1 saturated heterocycles. The van der Waals surface area contributed by atoms with Gasteiger partial charge < -0.3 is 14.2 Å². The van der Waals surface area contributed by atoms with Gasteiger partial charge in [0.25, 0.3) is 0 Å². The van der Waals surface area contributed by atoms with E-state index in [1.54, 1.807) is 14.2 Å². The molecule has 0 N–H and O–H groups in total. The second-order valence-corrected chi connectivity index (χ2v) is 5.39. The lowest BCUT2D eigenvalue weighted by molar-refractivity contribution is -0.0221. The summed E-state index contributed by atoms with van der Waals surface area (Å²) in [5.74, 6) is 1.77. The summed E-state index contributed by atoms with van der Waals surface area (Å²) in [7, 11) is 5.58. The van der Waals surface area contributed by atoms with Crippen LogP contribution in [0.3, 0.4) is 0 Å². The average molecular weight is 275 g/mol. The molecule has 20 heavy (non-hydrogen) atoms. The second kappa shape index (κ2) is 5.46. The number of morpholine rings is 1. The highest BCUT2D eigenvalue weighted by Gasteiger charge is 2.32. The number of fused-ring (bicyclic) bond motifs is 2. The monoisotopic (exact) mass is 275 g/mol. The van der Waals surface area contributed by atoms with Crippen molar-refractivity contribution in [3.05, 3.63) is 29.8 Å². The average Bonchev–Trinajstić information content (AvgIpc) is 2.46. The molecule has 2 heterocycles. The number of hydrogen-bond acceptors (Lipinski definition) is 4. The lowest BCUT2D eigenvalue weighted by Gasteiger charge is -2.42. The third-order valence-electron chi connectivity index (χ3n) is 4.30. The minimum absolute atomic E-state index is 0.355. The molecule has 3 rings (SSSR count). The van der Waals surface area contributed by atoms with Crippen LogP contribution in [0, 0.1) is 0 Å². The van der Waals surface area contributed by atoms with Crippen molar-refractivity contribution in [2.45, 2.75) is 18.5 Å². The Kier molecular flexibility index (Phi) is 3.68. The normalized spacial score (nSPS) is 26.1. The molecule has 1 aromatic carbocycles. The highest BCUT2D eigenvalue weighted by Crippen LogP contribution is 2.37. The standard InChI is InChI=1S/C16H21NO3/c1-17-12-6-11(7-13(17)10-20-9-12)15-8-14(18-2)4-5-16(15)19-3/h4-6,8,12-13H,7,9-10H2,1-3H3. The molecular weight excluding hydrogens is 254 g/mol. The third-order valence-corrected chi connectivity index (χ3v) is 4.30. The molecule has 0 saturated carbocycles. The Balaban J connectivity index is 2.00. The van der Waals surface area contributed by atoms with Gasteiger partial charge in [0.1, 0.15) is 11.5 Å². The molecule has 0 aliphatic carbocycles. The van der Waals surface area contributed by atoms with Crippen LogP contribution in [0.15, 0.2) is 24.3 Å². The fraction of sp³-hybridized carbons (Fsp3) is 0.500. The van der Waals surface area contributed by atoms with Crippen LogP contribution in [-0.2, 0) is 4.74 Å². The topological polar surface area (TPSA) is 30.9 Å². The minimum Gasteiger partial charge on any atom is -0.497 e. The molecule has 4 heteroatoms. The first-order chi connectivity index (χ1) is 9.72. The maximum atomic E-state index is 5.65. The number of benzene rings is 1. The van der Waals surface area contributed by atoms with E-state index >= 15 is 0 Å². The van der Waals surface area contributed by atoms with Crippen molar-refractivity contribution in [1.29, 1.82) is 0 Å². The number of methoxy groups -OCH3 is 2. The van der Waals surface area contributed by atoms with Crippen molar-refractivity contribution in [3.63, 3.8) is 0 Å². The first-order valence-corrected chi connectivity index (χ1v) is 6.95. The van der Waals surface area contributed by atoms with Crippen molar-refractivity contribution in [2.24, 2.45) is 0 Å². The molecular formula is C16H21NO3. The summed E-state index contributed by atoms with van der Waals surface area (Å²) < 4.78 is 16.5. The molecule has 2 atom stereocenters. The highest BCUT2D eigenvalue weighted by atomic mass is 16.5. The van der Waals surface area contributed by atoms with Crippen molar-refractivity contribution in [2.75, 3.05) is 34.5 Å². The van der Waals surface area contributed by atoms with Gasteiger partial charge in [0.15, 0.2) is 0 Å². The van der Waals surface area contributed by atoms with Gasteiger partial charge in [-0.05, 0) is 37.2 Å². The van der Waals surface area contributed by atoms with Gasteiger partial charge in [-0.15, -0.1) is 0 Å². The van der Waals surface area contributed by atoms with Gasteiger partial charge in [-0.2, -0.15) is 0 Å². The third kappa shape index (κ3) is 2.30. The molecule has 2 aliphatic rings. The molecule has 108 valence electrons. The highest BCUT2D eigenvalue weighted by molar-refractivity contribution is 5.73. The molecule has 2 unspecified atom stereocenters. The predicted octanol–water partition coefficient (Wildman–Crippen LogP) is 2.19. The van der Waals surface area contributed by atoms with E-state index in [0.29, 0.717) is 12.1 Å². The van der Waals surface area contributed by atoms with Crippen LogP contribution in [0.25, 0.3) is 5.57 Å². The molecule has 0 radical (unpaired) electrons. The summed E-state index contributed by atoms with van der Waals surface area (Å²) in [4.78, 5) is 2.40. The van der Waals surface area contributed by atoms with Crippen LogP contribution >= 0.6 is 0 Å². The number of hydrogen-bond donors (Lipinski definition) is 0. The first kappa shape index (κ1) is 13.5. The molecule has 2 bridgehead atoms. The lowest BCUT2D eigenvalue weighted by atomic mass is 9.89. The van der Waals surface area contributed by atoms with Gasteiger partial charge in [-0.3, -0.25) is 4.90 Å². The minimum atomic E-state index is 0.355. The molecule has 0 amide bonds. The zero-order valence-electron chi connectivity index (χ0n) is 12.3. The van der Waals surface area contributed by atoms with Crippen LogP contribution < -0.4 is 9.47 Å². The molecule has 2 aliphatic heterocycles. The SMILES string of the molecule is COc1ccc(OC)c(C2=CC3COCC(C2)N3C)c1. The zero-order chi connectivity index (χ0) is 14.1. The Morgan fingerprint density at radius 2 is 2.05 bits per heavy atom. The Morgan fingerprint density at radius 1 is 1.20 bits per heavy atom. The van der Waals surface area contributed by atoms with Gasteiger partial charge in [0.2, 0.25) is 0 Å². The fourth-order valence-electron chi connectivity index (χ4n) is 3.02. The molecule has 0 aromatic heterocycles. The fourth-order valence-corrected chi connectivity index (χ4v) is 3.02. The van der Waals surface area contributed by atoms with Crippen LogP contribution in [0.2, 0.25) is 0 Å². The summed E-state index contributed by atoms with van der Waals surface area (Å²) in [5.41, 5.74) is 2.47. The van der Waals surface area contributed by atoms with E-state index in [2.05, 4.69) is 24.1 Å². The van der Waals surface area contributed by atoms with Gasteiger partial charge in [-0.25, -0.2) is 0 Å². The van der Waals surface area contributed by atoms with E-state index in [9.17, 15) is 0 Å². The Morgan fingerprint density at radius 3 is 2.75 bits per heavy atom. The van der Waals surface area contributed by atoms with Crippen LogP contribution in [-0.4, -0.2) is 51.5 Å². The summed E-state index contributed by atoms with van der Waals surface area (Å²) >= 11 is 0. The van der Waals surface area contributed by atoms with E-state index in [0.717, 1.165) is 36.7 Å². The van der Waals surface area contributed by atoms with Crippen LogP contribution in [0.4, 0.5) is 0 Å². The first-order valence-electron chi connectivity index (χ1n) is 6.95. The van der Waals surface area contributed by atoms with Crippen molar-refractivity contribution >= 4 is 5.57 Å². The summed E-state index contributed by atoms with van der Waals surface area (Å²) in [5, 5.41) is 0. The van der Waals surface area contributed by atoms with Gasteiger partial charge >= 0.3 is 0 Å². The van der Waals surface area contributed by atoms with E-state index in [1.807, 2.05) is 12.1 Å². The van der Waals surface area contributed by atoms with Crippen LogP contribution in [0.1, 0.15) is 12.0 Å². The van der Waals surface area contributed by atoms with E-state index < -0.39 is 0 Å². The number of likely N-dealkylation sites (N-methyl/N-ethyl adjacent to an activating group) is 1. The number of nitrogens with zero attached hydrogens (tertiary/aromatic N) is 1. The predicted molar refractivity (Wildman–Crippen MR) is 78.3 cm³/mol. The number of ether oxygens (including phenoxy) is 3. The molecule has 4 nitrogen and oxygen atoms in total. The lowest BCUT2D eigenvalue weighted by Crippen LogP contribution is -2.51. The van der Waals surface area contributed by atoms with E-state index in [-0.39, 0.29) is 0 Å². The summed E-state index contributed by atoms with van der Waals surface area (Å²) in [6, 6.07) is 6.77. The zero-order valence-corrected chi connectivity index (χ0v) is 12.3. The molecule has 1 aromatic rings.